The predicted molar refractivity (Wildman–Crippen MR) is 109 cm³/mol. The van der Waals surface area contributed by atoms with Gasteiger partial charge in [-0.2, -0.15) is 0 Å². The molecule has 1 amide bonds. The van der Waals surface area contributed by atoms with Gasteiger partial charge in [-0.3, -0.25) is 4.79 Å². The molecule has 144 valence electrons. The van der Waals surface area contributed by atoms with E-state index in [-0.39, 0.29) is 18.1 Å². The van der Waals surface area contributed by atoms with Crippen LogP contribution in [0.5, 0.6) is 0 Å². The standard InChI is InChI=1S/C20H20FN5OS/c21-16-5-1-2-6-17(16)25-9-11-26(12-10-25)19(27)13-15-14-28-20(23-15)24-18-7-3-4-8-22-18/h1-8,14H,9-13H2,(H,22,23,24). The van der Waals surface area contributed by atoms with Gasteiger partial charge >= 0.3 is 0 Å². The second kappa shape index (κ2) is 8.35. The lowest BCUT2D eigenvalue weighted by molar-refractivity contribution is -0.130. The summed E-state index contributed by atoms with van der Waals surface area (Å²) in [7, 11) is 0. The molecule has 1 fully saturated rings. The molecule has 0 radical (unpaired) electrons. The van der Waals surface area contributed by atoms with Crippen LogP contribution in [0.4, 0.5) is 21.0 Å². The molecular formula is C20H20FN5OS. The Morgan fingerprint density at radius 1 is 1.11 bits per heavy atom. The van der Waals surface area contributed by atoms with Crippen LogP contribution >= 0.6 is 11.3 Å². The van der Waals surface area contributed by atoms with Crippen molar-refractivity contribution in [1.82, 2.24) is 14.9 Å². The first kappa shape index (κ1) is 18.4. The third kappa shape index (κ3) is 4.28. The third-order valence-electron chi connectivity index (χ3n) is 4.61. The highest BCUT2D eigenvalue weighted by atomic mass is 32.1. The van der Waals surface area contributed by atoms with Crippen molar-refractivity contribution in [2.45, 2.75) is 6.42 Å². The Morgan fingerprint density at radius 3 is 2.64 bits per heavy atom. The number of anilines is 3. The minimum atomic E-state index is -0.224. The van der Waals surface area contributed by atoms with Crippen molar-refractivity contribution in [3.63, 3.8) is 0 Å². The highest BCUT2D eigenvalue weighted by Gasteiger charge is 2.23. The first-order valence-electron chi connectivity index (χ1n) is 9.09. The first-order valence-corrected chi connectivity index (χ1v) is 9.97. The van der Waals surface area contributed by atoms with Gasteiger partial charge in [0.25, 0.3) is 0 Å². The number of carbonyl (C=O) groups is 1. The Hall–Kier alpha value is -3.00. The van der Waals surface area contributed by atoms with Crippen molar-refractivity contribution in [2.24, 2.45) is 0 Å². The smallest absolute Gasteiger partial charge is 0.228 e. The van der Waals surface area contributed by atoms with Gasteiger partial charge in [0, 0.05) is 37.8 Å². The van der Waals surface area contributed by atoms with E-state index in [9.17, 15) is 9.18 Å². The molecule has 0 saturated carbocycles. The second-order valence-corrected chi connectivity index (χ2v) is 7.34. The maximum atomic E-state index is 13.9. The zero-order valence-electron chi connectivity index (χ0n) is 15.2. The Balaban J connectivity index is 1.31. The van der Waals surface area contributed by atoms with E-state index in [1.165, 1.54) is 17.4 Å². The molecular weight excluding hydrogens is 377 g/mol. The molecule has 3 heterocycles. The van der Waals surface area contributed by atoms with Gasteiger partial charge in [0.1, 0.15) is 11.6 Å². The van der Waals surface area contributed by atoms with Crippen LogP contribution in [0.15, 0.2) is 54.0 Å². The summed E-state index contributed by atoms with van der Waals surface area (Å²) in [5, 5.41) is 5.74. The number of pyridine rings is 1. The average molecular weight is 397 g/mol. The van der Waals surface area contributed by atoms with Gasteiger partial charge in [0.15, 0.2) is 5.13 Å². The van der Waals surface area contributed by atoms with E-state index in [2.05, 4.69) is 15.3 Å². The van der Waals surface area contributed by atoms with Crippen LogP contribution in [0, 0.1) is 5.82 Å². The zero-order valence-corrected chi connectivity index (χ0v) is 16.0. The molecule has 2 aromatic heterocycles. The highest BCUT2D eigenvalue weighted by molar-refractivity contribution is 7.13. The molecule has 3 aromatic rings. The first-order chi connectivity index (χ1) is 13.7. The molecule has 0 bridgehead atoms. The second-order valence-electron chi connectivity index (χ2n) is 6.48. The van der Waals surface area contributed by atoms with Crippen molar-refractivity contribution >= 4 is 33.9 Å². The number of benzene rings is 1. The Kier molecular flexibility index (Phi) is 5.48. The largest absolute Gasteiger partial charge is 0.366 e. The van der Waals surface area contributed by atoms with E-state index in [1.807, 2.05) is 39.4 Å². The number of piperazine rings is 1. The van der Waals surface area contributed by atoms with Crippen molar-refractivity contribution < 1.29 is 9.18 Å². The lowest BCUT2D eigenvalue weighted by atomic mass is 10.2. The summed E-state index contributed by atoms with van der Waals surface area (Å²) in [6, 6.07) is 12.4. The Morgan fingerprint density at radius 2 is 1.89 bits per heavy atom. The molecule has 6 nitrogen and oxygen atoms in total. The van der Waals surface area contributed by atoms with Gasteiger partial charge in [-0.1, -0.05) is 18.2 Å². The molecule has 0 aliphatic carbocycles. The fourth-order valence-electron chi connectivity index (χ4n) is 3.16. The number of halogens is 1. The van der Waals surface area contributed by atoms with Crippen LogP contribution in [-0.2, 0) is 11.2 Å². The van der Waals surface area contributed by atoms with Crippen LogP contribution in [0.2, 0.25) is 0 Å². The van der Waals surface area contributed by atoms with E-state index in [4.69, 9.17) is 0 Å². The molecule has 0 atom stereocenters. The summed E-state index contributed by atoms with van der Waals surface area (Å²) in [4.78, 5) is 25.1. The predicted octanol–water partition coefficient (Wildman–Crippen LogP) is 3.31. The SMILES string of the molecule is O=C(Cc1csc(Nc2ccccn2)n1)N1CCN(c2ccccc2F)CC1. The summed E-state index contributed by atoms with van der Waals surface area (Å²) in [5.41, 5.74) is 1.34. The molecule has 8 heteroatoms. The number of aromatic nitrogens is 2. The molecule has 1 aliphatic heterocycles. The summed E-state index contributed by atoms with van der Waals surface area (Å²) in [6.07, 6.45) is 1.97. The van der Waals surface area contributed by atoms with E-state index < -0.39 is 0 Å². The molecule has 0 spiro atoms. The maximum Gasteiger partial charge on any atom is 0.228 e. The lowest BCUT2D eigenvalue weighted by Crippen LogP contribution is -2.49. The van der Waals surface area contributed by atoms with Gasteiger partial charge in [0.2, 0.25) is 5.91 Å². The fourth-order valence-corrected chi connectivity index (χ4v) is 3.88. The normalized spacial score (nSPS) is 14.2. The van der Waals surface area contributed by atoms with Gasteiger partial charge in [-0.25, -0.2) is 14.4 Å². The number of rotatable bonds is 5. The molecule has 1 aromatic carbocycles. The van der Waals surface area contributed by atoms with Crippen molar-refractivity contribution in [2.75, 3.05) is 36.4 Å². The lowest BCUT2D eigenvalue weighted by Gasteiger charge is -2.36. The van der Waals surface area contributed by atoms with Crippen LogP contribution in [0.1, 0.15) is 5.69 Å². The fraction of sp³-hybridized carbons (Fsp3) is 0.250. The number of nitrogens with one attached hydrogen (secondary N) is 1. The number of hydrogen-bond donors (Lipinski definition) is 1. The molecule has 0 unspecified atom stereocenters. The van der Waals surface area contributed by atoms with E-state index in [0.717, 1.165) is 11.5 Å². The molecule has 1 N–H and O–H groups in total. The topological polar surface area (TPSA) is 61.4 Å². The van der Waals surface area contributed by atoms with E-state index >= 15 is 0 Å². The van der Waals surface area contributed by atoms with Crippen LogP contribution < -0.4 is 10.2 Å². The molecule has 1 aliphatic rings. The highest BCUT2D eigenvalue weighted by Crippen LogP contribution is 2.22. The van der Waals surface area contributed by atoms with Gasteiger partial charge in [-0.05, 0) is 24.3 Å². The van der Waals surface area contributed by atoms with Crippen LogP contribution in [0.25, 0.3) is 0 Å². The minimum Gasteiger partial charge on any atom is -0.366 e. The van der Waals surface area contributed by atoms with Gasteiger partial charge < -0.3 is 15.1 Å². The number of hydrogen-bond acceptors (Lipinski definition) is 6. The summed E-state index contributed by atoms with van der Waals surface area (Å²) < 4.78 is 13.9. The third-order valence-corrected chi connectivity index (χ3v) is 5.42. The number of nitrogens with zero attached hydrogens (tertiary/aromatic N) is 4. The maximum absolute atomic E-state index is 13.9. The van der Waals surface area contributed by atoms with Gasteiger partial charge in [0.05, 0.1) is 17.8 Å². The quantitative estimate of drug-likeness (QED) is 0.716. The Bertz CT molecular complexity index is 941. The summed E-state index contributed by atoms with van der Waals surface area (Å²) in [5.74, 6) is 0.541. The Labute approximate surface area is 166 Å². The number of carbonyl (C=O) groups excluding carboxylic acids is 1. The van der Waals surface area contributed by atoms with Crippen molar-refractivity contribution in [3.05, 3.63) is 65.6 Å². The average Bonchev–Trinajstić information content (AvgIpc) is 3.16. The zero-order chi connectivity index (χ0) is 19.3. The van der Waals surface area contributed by atoms with Crippen molar-refractivity contribution in [3.8, 4) is 0 Å². The summed E-state index contributed by atoms with van der Waals surface area (Å²) in [6.45, 7) is 2.40. The molecule has 1 saturated heterocycles. The number of para-hydroxylation sites is 1. The molecule has 4 rings (SSSR count). The van der Waals surface area contributed by atoms with Gasteiger partial charge in [-0.15, -0.1) is 11.3 Å². The van der Waals surface area contributed by atoms with E-state index in [0.29, 0.717) is 37.0 Å². The molecule has 28 heavy (non-hydrogen) atoms. The number of amides is 1. The van der Waals surface area contributed by atoms with Crippen LogP contribution in [-0.4, -0.2) is 47.0 Å². The van der Waals surface area contributed by atoms with Crippen LogP contribution in [0.3, 0.4) is 0 Å². The number of thiazole rings is 1. The van der Waals surface area contributed by atoms with Crippen molar-refractivity contribution in [1.29, 1.82) is 0 Å². The minimum absolute atomic E-state index is 0.0443. The summed E-state index contributed by atoms with van der Waals surface area (Å²) >= 11 is 1.45. The van der Waals surface area contributed by atoms with E-state index in [1.54, 1.807) is 18.3 Å². The monoisotopic (exact) mass is 397 g/mol.